The van der Waals surface area contributed by atoms with Gasteiger partial charge in [-0.1, -0.05) is 24.3 Å². The molecule has 3 heterocycles. The molecule has 1 N–H and O–H groups in total. The number of rotatable bonds is 7. The number of aliphatic carboxylic acids is 1. The molecule has 0 atom stereocenters. The van der Waals surface area contributed by atoms with Crippen molar-refractivity contribution in [2.45, 2.75) is 25.9 Å². The predicted octanol–water partition coefficient (Wildman–Crippen LogP) is 4.16. The molecule has 0 aliphatic carbocycles. The van der Waals surface area contributed by atoms with Crippen molar-refractivity contribution >= 4 is 47.6 Å². The average Bonchev–Trinajstić information content (AvgIpc) is 3.18. The van der Waals surface area contributed by atoms with Gasteiger partial charge in [0.25, 0.3) is 0 Å². The van der Waals surface area contributed by atoms with Gasteiger partial charge in [-0.25, -0.2) is 4.39 Å². The molecule has 5 rings (SSSR count). The van der Waals surface area contributed by atoms with E-state index in [0.29, 0.717) is 50.2 Å². The smallest absolute Gasteiger partial charge is 0.480 e. The van der Waals surface area contributed by atoms with Crippen LogP contribution in [0.3, 0.4) is 0 Å². The normalized spacial score (nSPS) is 16.0. The van der Waals surface area contributed by atoms with E-state index >= 15 is 4.39 Å². The third-order valence-electron chi connectivity index (χ3n) is 7.24. The summed E-state index contributed by atoms with van der Waals surface area (Å²) in [6.07, 6.45) is -4.30. The van der Waals surface area contributed by atoms with Gasteiger partial charge < -0.3 is 19.3 Å². The second-order valence-electron chi connectivity index (χ2n) is 9.85. The molecule has 224 valence electrons. The van der Waals surface area contributed by atoms with E-state index < -0.39 is 18.1 Å². The van der Waals surface area contributed by atoms with Crippen molar-refractivity contribution < 1.29 is 37.0 Å². The zero-order chi connectivity index (χ0) is 27.7. The van der Waals surface area contributed by atoms with Gasteiger partial charge in [-0.15, -0.1) is 38.0 Å². The van der Waals surface area contributed by atoms with Gasteiger partial charge in [0, 0.05) is 50.3 Å². The Morgan fingerprint density at radius 3 is 2.24 bits per heavy atom. The van der Waals surface area contributed by atoms with Crippen molar-refractivity contribution in [3.63, 3.8) is 0 Å². The SMILES string of the molecule is Cl.Cl.O=C(O)CN1CCN(CC(=O)N2CCc3c(n(Cc4cccc(OC(F)(F)F)c4)c4c(F)cccc34)C2)CC1. The van der Waals surface area contributed by atoms with Crippen LogP contribution in [-0.2, 0) is 29.1 Å². The summed E-state index contributed by atoms with van der Waals surface area (Å²) in [6.45, 7) is 3.29. The van der Waals surface area contributed by atoms with Crippen LogP contribution in [0.15, 0.2) is 42.5 Å². The molecule has 1 fully saturated rings. The lowest BCUT2D eigenvalue weighted by atomic mass is 10.0. The van der Waals surface area contributed by atoms with Crippen molar-refractivity contribution in [1.82, 2.24) is 19.3 Å². The van der Waals surface area contributed by atoms with Crippen molar-refractivity contribution in [2.75, 3.05) is 45.8 Å². The molecule has 2 aliphatic heterocycles. The number of piperazine rings is 1. The number of alkyl halides is 3. The maximum Gasteiger partial charge on any atom is 0.573 e. The van der Waals surface area contributed by atoms with Gasteiger partial charge >= 0.3 is 12.3 Å². The molecule has 0 bridgehead atoms. The summed E-state index contributed by atoms with van der Waals surface area (Å²) >= 11 is 0. The molecule has 8 nitrogen and oxygen atoms in total. The van der Waals surface area contributed by atoms with Crippen LogP contribution in [0.1, 0.15) is 16.8 Å². The van der Waals surface area contributed by atoms with Gasteiger partial charge in [0.05, 0.1) is 25.2 Å². The standard InChI is InChI=1S/C27H28F4N4O4.2ClH/c28-22-6-2-5-21-20-7-8-34(24(36)16-32-9-11-33(12-10-32)17-25(37)38)15-23(20)35(26(21)22)14-18-3-1-4-19(13-18)39-27(29,30)31;;/h1-6,13H,7-12,14-17H2,(H,37,38);2*1H. The molecule has 1 amide bonds. The maximum atomic E-state index is 15.1. The number of halogens is 6. The topological polar surface area (TPSA) is 78.3 Å². The Balaban J connectivity index is 0.00000231. The minimum atomic E-state index is -4.83. The summed E-state index contributed by atoms with van der Waals surface area (Å²) < 4.78 is 59.1. The quantitative estimate of drug-likeness (QED) is 0.400. The zero-order valence-electron chi connectivity index (χ0n) is 21.9. The number of carboxylic acids is 1. The summed E-state index contributed by atoms with van der Waals surface area (Å²) in [5.74, 6) is -1.76. The highest BCUT2D eigenvalue weighted by Gasteiger charge is 2.32. The monoisotopic (exact) mass is 620 g/mol. The number of benzene rings is 2. The molecule has 3 aromatic rings. The van der Waals surface area contributed by atoms with Gasteiger partial charge in [-0.3, -0.25) is 19.4 Å². The second kappa shape index (κ2) is 13.3. The van der Waals surface area contributed by atoms with E-state index in [1.807, 2.05) is 15.9 Å². The summed E-state index contributed by atoms with van der Waals surface area (Å²) in [4.78, 5) is 29.7. The molecule has 2 aromatic carbocycles. The number of carbonyl (C=O) groups excluding carboxylic acids is 1. The number of ether oxygens (including phenoxy) is 1. The lowest BCUT2D eigenvalue weighted by Crippen LogP contribution is -2.51. The molecule has 14 heteroatoms. The first-order valence-corrected chi connectivity index (χ1v) is 12.6. The molecule has 1 saturated heterocycles. The fourth-order valence-electron chi connectivity index (χ4n) is 5.45. The van der Waals surface area contributed by atoms with Crippen LogP contribution < -0.4 is 4.74 Å². The predicted molar refractivity (Wildman–Crippen MR) is 148 cm³/mol. The number of hydrogen-bond acceptors (Lipinski definition) is 5. The first-order chi connectivity index (χ1) is 18.6. The van der Waals surface area contributed by atoms with E-state index in [1.165, 1.54) is 24.3 Å². The molecule has 41 heavy (non-hydrogen) atoms. The fraction of sp³-hybridized carbons (Fsp3) is 0.407. The molecule has 0 spiro atoms. The summed E-state index contributed by atoms with van der Waals surface area (Å²) in [5.41, 5.74) is 2.54. The van der Waals surface area contributed by atoms with Gasteiger partial charge in [0.1, 0.15) is 11.6 Å². The minimum absolute atomic E-state index is 0. The Bertz CT molecular complexity index is 1390. The molecular weight excluding hydrogens is 591 g/mol. The molecule has 0 saturated carbocycles. The van der Waals surface area contributed by atoms with Gasteiger partial charge in [-0.05, 0) is 35.7 Å². The van der Waals surface area contributed by atoms with E-state index in [9.17, 15) is 22.8 Å². The number of fused-ring (bicyclic) bond motifs is 3. The third kappa shape index (κ3) is 7.62. The van der Waals surface area contributed by atoms with Crippen LogP contribution in [0.5, 0.6) is 5.75 Å². The highest BCUT2D eigenvalue weighted by molar-refractivity contribution is 5.87. The number of nitrogens with zero attached hydrogens (tertiary/aromatic N) is 4. The summed E-state index contributed by atoms with van der Waals surface area (Å²) in [5, 5.41) is 9.71. The Kier molecular flexibility index (Phi) is 10.5. The van der Waals surface area contributed by atoms with Crippen LogP contribution >= 0.6 is 24.8 Å². The average molecular weight is 621 g/mol. The van der Waals surface area contributed by atoms with Crippen molar-refractivity contribution in [3.8, 4) is 5.75 Å². The highest BCUT2D eigenvalue weighted by Crippen LogP contribution is 2.34. The Hall–Kier alpha value is -3.06. The van der Waals surface area contributed by atoms with Gasteiger partial charge in [0.2, 0.25) is 5.91 Å². The number of carbonyl (C=O) groups is 2. The second-order valence-corrected chi connectivity index (χ2v) is 9.85. The van der Waals surface area contributed by atoms with E-state index in [4.69, 9.17) is 5.11 Å². The first kappa shape index (κ1) is 32.5. The van der Waals surface area contributed by atoms with Crippen LogP contribution in [-0.4, -0.2) is 88.4 Å². The van der Waals surface area contributed by atoms with Gasteiger partial charge in [0.15, 0.2) is 0 Å². The van der Waals surface area contributed by atoms with Gasteiger partial charge in [-0.2, -0.15) is 0 Å². The van der Waals surface area contributed by atoms with Crippen molar-refractivity contribution in [3.05, 3.63) is 65.1 Å². The number of para-hydroxylation sites is 1. The number of hydrogen-bond donors (Lipinski definition) is 1. The maximum absolute atomic E-state index is 15.1. The van der Waals surface area contributed by atoms with Crippen molar-refractivity contribution in [2.24, 2.45) is 0 Å². The third-order valence-corrected chi connectivity index (χ3v) is 7.24. The number of amides is 1. The summed E-state index contributed by atoms with van der Waals surface area (Å²) in [6, 6.07) is 10.4. The lowest BCUT2D eigenvalue weighted by Gasteiger charge is -2.35. The first-order valence-electron chi connectivity index (χ1n) is 12.6. The largest absolute Gasteiger partial charge is 0.573 e. The molecule has 0 unspecified atom stereocenters. The number of carboxylic acid groups (broad SMARTS) is 1. The van der Waals surface area contributed by atoms with Crippen LogP contribution in [0, 0.1) is 5.82 Å². The zero-order valence-corrected chi connectivity index (χ0v) is 23.5. The Morgan fingerprint density at radius 1 is 0.927 bits per heavy atom. The van der Waals surface area contributed by atoms with Crippen LogP contribution in [0.2, 0.25) is 0 Å². The molecule has 1 aromatic heterocycles. The van der Waals surface area contributed by atoms with Crippen molar-refractivity contribution in [1.29, 1.82) is 0 Å². The highest BCUT2D eigenvalue weighted by atomic mass is 35.5. The Labute approximate surface area is 246 Å². The minimum Gasteiger partial charge on any atom is -0.480 e. The molecule has 0 radical (unpaired) electrons. The van der Waals surface area contributed by atoms with E-state index in [-0.39, 0.29) is 62.6 Å². The van der Waals surface area contributed by atoms with Crippen LogP contribution in [0.25, 0.3) is 10.9 Å². The van der Waals surface area contributed by atoms with Crippen LogP contribution in [0.4, 0.5) is 17.6 Å². The van der Waals surface area contributed by atoms with E-state index in [0.717, 1.165) is 16.6 Å². The molecular formula is C27H30Cl2F4N4O4. The molecule has 2 aliphatic rings. The van der Waals surface area contributed by atoms with E-state index in [1.54, 1.807) is 21.6 Å². The lowest BCUT2D eigenvalue weighted by molar-refractivity contribution is -0.274. The van der Waals surface area contributed by atoms with E-state index in [2.05, 4.69) is 4.74 Å². The Morgan fingerprint density at radius 2 is 1.59 bits per heavy atom. The number of aromatic nitrogens is 1. The fourth-order valence-corrected chi connectivity index (χ4v) is 5.45. The summed E-state index contributed by atoms with van der Waals surface area (Å²) in [7, 11) is 0.